The number of hydrogen-bond acceptors (Lipinski definition) is 2. The molecular weight excluding hydrogens is 234 g/mol. The summed E-state index contributed by atoms with van der Waals surface area (Å²) in [5.41, 5.74) is 1.75. The number of methoxy groups -OCH3 is 1. The highest BCUT2D eigenvalue weighted by atomic mass is 79.9. The highest BCUT2D eigenvalue weighted by molar-refractivity contribution is 9.10. The predicted molar refractivity (Wildman–Crippen MR) is 54.9 cm³/mol. The normalized spacial score (nSPS) is 9.46. The van der Waals surface area contributed by atoms with Gasteiger partial charge in [0, 0.05) is 10.2 Å². The first-order valence-electron chi connectivity index (χ1n) is 3.74. The first-order chi connectivity index (χ1) is 6.13. The molecule has 70 valence electrons. The van der Waals surface area contributed by atoms with Crippen molar-refractivity contribution in [1.29, 1.82) is 0 Å². The molecule has 0 aliphatic carbocycles. The zero-order valence-electron chi connectivity index (χ0n) is 7.43. The molecule has 0 aliphatic rings. The van der Waals surface area contributed by atoms with Gasteiger partial charge < -0.3 is 4.74 Å². The number of halogens is 1. The van der Waals surface area contributed by atoms with Gasteiger partial charge in [0.25, 0.3) is 0 Å². The van der Waals surface area contributed by atoms with Gasteiger partial charge in [-0.15, -0.1) is 0 Å². The van der Waals surface area contributed by atoms with E-state index in [0.717, 1.165) is 15.7 Å². The summed E-state index contributed by atoms with van der Waals surface area (Å²) in [6.07, 6.45) is -0.457. The van der Waals surface area contributed by atoms with Crippen molar-refractivity contribution < 1.29 is 9.53 Å². The Morgan fingerprint density at radius 2 is 2.23 bits per heavy atom. The fraction of sp³-hybridized carbons (Fsp3) is 0.222. The van der Waals surface area contributed by atoms with E-state index in [9.17, 15) is 4.79 Å². The van der Waals surface area contributed by atoms with Gasteiger partial charge in [0.2, 0.25) is 0 Å². The first kappa shape index (κ1) is 10.1. The van der Waals surface area contributed by atoms with E-state index >= 15 is 0 Å². The van der Waals surface area contributed by atoms with Gasteiger partial charge in [-0.05, 0) is 24.6 Å². The number of ether oxygens (including phenoxy) is 1. The zero-order valence-corrected chi connectivity index (χ0v) is 9.01. The Bertz CT molecular complexity index is 325. The monoisotopic (exact) mass is 243 g/mol. The highest BCUT2D eigenvalue weighted by Crippen LogP contribution is 2.20. The molecule has 0 saturated carbocycles. The average Bonchev–Trinajstić information content (AvgIpc) is 2.11. The quantitative estimate of drug-likeness (QED) is 0.824. The minimum Gasteiger partial charge on any atom is -0.453 e. The molecule has 1 amide bonds. The van der Waals surface area contributed by atoms with Crippen LogP contribution in [0.3, 0.4) is 0 Å². The topological polar surface area (TPSA) is 38.3 Å². The molecule has 0 fully saturated rings. The van der Waals surface area contributed by atoms with Crippen LogP contribution in [0.5, 0.6) is 0 Å². The van der Waals surface area contributed by atoms with Gasteiger partial charge in [-0.3, -0.25) is 5.32 Å². The number of carbonyl (C=O) groups excluding carboxylic acids is 1. The molecule has 0 bridgehead atoms. The van der Waals surface area contributed by atoms with Crippen molar-refractivity contribution in [2.45, 2.75) is 6.92 Å². The molecule has 1 rings (SSSR count). The van der Waals surface area contributed by atoms with Crippen molar-refractivity contribution in [1.82, 2.24) is 0 Å². The van der Waals surface area contributed by atoms with Gasteiger partial charge in [-0.25, -0.2) is 4.79 Å². The minimum atomic E-state index is -0.457. The smallest absolute Gasteiger partial charge is 0.411 e. The van der Waals surface area contributed by atoms with Crippen LogP contribution in [0.4, 0.5) is 10.5 Å². The van der Waals surface area contributed by atoms with Crippen molar-refractivity contribution >= 4 is 27.7 Å². The second-order valence-electron chi connectivity index (χ2n) is 2.58. The number of anilines is 1. The maximum absolute atomic E-state index is 10.9. The lowest BCUT2D eigenvalue weighted by Crippen LogP contribution is -2.11. The molecule has 4 heteroatoms. The fourth-order valence-corrected chi connectivity index (χ4v) is 1.25. The minimum absolute atomic E-state index is 0.457. The molecule has 0 spiro atoms. The summed E-state index contributed by atoms with van der Waals surface area (Å²) in [7, 11) is 1.34. The number of benzene rings is 1. The van der Waals surface area contributed by atoms with E-state index in [-0.39, 0.29) is 0 Å². The molecule has 0 saturated heterocycles. The molecule has 0 atom stereocenters. The van der Waals surface area contributed by atoms with Crippen LogP contribution in [0.2, 0.25) is 0 Å². The van der Waals surface area contributed by atoms with Crippen LogP contribution >= 0.6 is 15.9 Å². The van der Waals surface area contributed by atoms with E-state index in [2.05, 4.69) is 26.0 Å². The fourth-order valence-electron chi connectivity index (χ4n) is 0.890. The Balaban J connectivity index is 2.87. The SMILES string of the molecule is COC(=O)Nc1cc(Br)ccc1C. The number of carbonyl (C=O) groups is 1. The van der Waals surface area contributed by atoms with Crippen LogP contribution < -0.4 is 5.32 Å². The summed E-state index contributed by atoms with van der Waals surface area (Å²) < 4.78 is 5.40. The molecule has 13 heavy (non-hydrogen) atoms. The summed E-state index contributed by atoms with van der Waals surface area (Å²) in [5.74, 6) is 0. The summed E-state index contributed by atoms with van der Waals surface area (Å²) in [6.45, 7) is 1.91. The molecule has 0 heterocycles. The van der Waals surface area contributed by atoms with E-state index in [1.807, 2.05) is 25.1 Å². The number of rotatable bonds is 1. The third kappa shape index (κ3) is 2.73. The maximum Gasteiger partial charge on any atom is 0.411 e. The molecule has 0 aliphatic heterocycles. The molecule has 1 aromatic rings. The lowest BCUT2D eigenvalue weighted by Gasteiger charge is -2.06. The van der Waals surface area contributed by atoms with Crippen molar-refractivity contribution in [3.05, 3.63) is 28.2 Å². The van der Waals surface area contributed by atoms with Gasteiger partial charge >= 0.3 is 6.09 Å². The van der Waals surface area contributed by atoms with Crippen molar-refractivity contribution in [2.24, 2.45) is 0 Å². The largest absolute Gasteiger partial charge is 0.453 e. The Kier molecular flexibility index (Phi) is 3.31. The van der Waals surface area contributed by atoms with Crippen LogP contribution in [-0.2, 0) is 4.74 Å². The third-order valence-electron chi connectivity index (χ3n) is 1.62. The van der Waals surface area contributed by atoms with Gasteiger partial charge in [0.15, 0.2) is 0 Å². The average molecular weight is 244 g/mol. The van der Waals surface area contributed by atoms with Gasteiger partial charge in [0.05, 0.1) is 7.11 Å². The van der Waals surface area contributed by atoms with Crippen molar-refractivity contribution in [3.8, 4) is 0 Å². The predicted octanol–water partition coefficient (Wildman–Crippen LogP) is 2.94. The van der Waals surface area contributed by atoms with Crippen LogP contribution in [-0.4, -0.2) is 13.2 Å². The van der Waals surface area contributed by atoms with E-state index < -0.39 is 6.09 Å². The Morgan fingerprint density at radius 1 is 1.54 bits per heavy atom. The van der Waals surface area contributed by atoms with Crippen LogP contribution in [0.25, 0.3) is 0 Å². The van der Waals surface area contributed by atoms with Crippen LogP contribution in [0, 0.1) is 6.92 Å². The van der Waals surface area contributed by atoms with E-state index in [1.54, 1.807) is 0 Å². The second kappa shape index (κ2) is 4.28. The Hall–Kier alpha value is -1.03. The molecule has 1 aromatic carbocycles. The molecule has 1 N–H and O–H groups in total. The van der Waals surface area contributed by atoms with Gasteiger partial charge in [0.1, 0.15) is 0 Å². The van der Waals surface area contributed by atoms with Crippen molar-refractivity contribution in [3.63, 3.8) is 0 Å². The van der Waals surface area contributed by atoms with Gasteiger partial charge in [-0.1, -0.05) is 22.0 Å². The van der Waals surface area contributed by atoms with Crippen molar-refractivity contribution in [2.75, 3.05) is 12.4 Å². The molecule has 3 nitrogen and oxygen atoms in total. The second-order valence-corrected chi connectivity index (χ2v) is 3.49. The Morgan fingerprint density at radius 3 is 2.85 bits per heavy atom. The van der Waals surface area contributed by atoms with E-state index in [4.69, 9.17) is 0 Å². The number of hydrogen-bond donors (Lipinski definition) is 1. The van der Waals surface area contributed by atoms with Crippen LogP contribution in [0.1, 0.15) is 5.56 Å². The zero-order chi connectivity index (χ0) is 9.84. The highest BCUT2D eigenvalue weighted by Gasteiger charge is 2.03. The number of nitrogens with one attached hydrogen (secondary N) is 1. The van der Waals surface area contributed by atoms with Crippen LogP contribution in [0.15, 0.2) is 22.7 Å². The number of aryl methyl sites for hydroxylation is 1. The lowest BCUT2D eigenvalue weighted by atomic mass is 10.2. The summed E-state index contributed by atoms with van der Waals surface area (Å²) in [6, 6.07) is 5.65. The first-order valence-corrected chi connectivity index (χ1v) is 4.54. The molecule has 0 aromatic heterocycles. The summed E-state index contributed by atoms with van der Waals surface area (Å²) in [5, 5.41) is 2.61. The summed E-state index contributed by atoms with van der Waals surface area (Å²) >= 11 is 3.32. The van der Waals surface area contributed by atoms with Gasteiger partial charge in [-0.2, -0.15) is 0 Å². The third-order valence-corrected chi connectivity index (χ3v) is 2.11. The summed E-state index contributed by atoms with van der Waals surface area (Å²) in [4.78, 5) is 10.9. The Labute approximate surface area is 85.2 Å². The standard InChI is InChI=1S/C9H10BrNO2/c1-6-3-4-7(10)5-8(6)11-9(12)13-2/h3-5H,1-2H3,(H,11,12). The molecule has 0 unspecified atom stereocenters. The number of amides is 1. The van der Waals surface area contributed by atoms with E-state index in [1.165, 1.54) is 7.11 Å². The van der Waals surface area contributed by atoms with E-state index in [0.29, 0.717) is 0 Å². The molecule has 0 radical (unpaired) electrons. The maximum atomic E-state index is 10.9. The molecular formula is C9H10BrNO2. The lowest BCUT2D eigenvalue weighted by molar-refractivity contribution is 0.187.